The summed E-state index contributed by atoms with van der Waals surface area (Å²) in [6.45, 7) is 5.14. The van der Waals surface area contributed by atoms with Crippen molar-refractivity contribution in [3.05, 3.63) is 0 Å². The molecule has 3 aliphatic rings. The van der Waals surface area contributed by atoms with Crippen LogP contribution in [0.3, 0.4) is 0 Å². The highest BCUT2D eigenvalue weighted by molar-refractivity contribution is 7.99. The number of hydrogen-bond donors (Lipinski definition) is 2. The fourth-order valence-corrected chi connectivity index (χ4v) is 5.89. The molecular formula is C17H32N6O3S2. The van der Waals surface area contributed by atoms with Crippen LogP contribution in [0, 0.1) is 0 Å². The smallest absolute Gasteiger partial charge is 0.234 e. The Bertz CT molecular complexity index is 654. The second-order valence-electron chi connectivity index (χ2n) is 7.41. The van der Waals surface area contributed by atoms with Crippen LogP contribution in [0.1, 0.15) is 12.8 Å². The lowest BCUT2D eigenvalue weighted by Crippen LogP contribution is -2.54. The highest BCUT2D eigenvalue weighted by Crippen LogP contribution is 2.18. The first-order valence-corrected chi connectivity index (χ1v) is 12.8. The highest BCUT2D eigenvalue weighted by Gasteiger charge is 2.27. The Balaban J connectivity index is 1.37. The zero-order valence-corrected chi connectivity index (χ0v) is 18.2. The van der Waals surface area contributed by atoms with E-state index in [0.717, 1.165) is 56.5 Å². The van der Waals surface area contributed by atoms with E-state index >= 15 is 0 Å². The van der Waals surface area contributed by atoms with E-state index in [-0.39, 0.29) is 11.7 Å². The number of thioether (sulfide) groups is 1. The fraction of sp³-hybridized carbons (Fsp3) is 0.882. The summed E-state index contributed by atoms with van der Waals surface area (Å²) in [5.41, 5.74) is 0. The molecule has 3 fully saturated rings. The molecule has 2 N–H and O–H groups in total. The van der Waals surface area contributed by atoms with Crippen molar-refractivity contribution in [2.75, 3.05) is 76.7 Å². The van der Waals surface area contributed by atoms with Gasteiger partial charge in [0.1, 0.15) is 0 Å². The van der Waals surface area contributed by atoms with Gasteiger partial charge in [0.25, 0.3) is 0 Å². The molecule has 3 rings (SSSR count). The molecule has 2 aliphatic heterocycles. The molecule has 0 bridgehead atoms. The third kappa shape index (κ3) is 6.50. The van der Waals surface area contributed by atoms with E-state index in [2.05, 4.69) is 25.4 Å². The molecule has 28 heavy (non-hydrogen) atoms. The monoisotopic (exact) mass is 432 g/mol. The molecule has 0 radical (unpaired) electrons. The Morgan fingerprint density at radius 2 is 1.79 bits per heavy atom. The maximum Gasteiger partial charge on any atom is 0.234 e. The zero-order valence-electron chi connectivity index (χ0n) is 16.6. The number of aliphatic imine (C=N–C) groups is 1. The second-order valence-corrected chi connectivity index (χ2v) is 10.7. The first-order chi connectivity index (χ1) is 13.5. The van der Waals surface area contributed by atoms with Crippen LogP contribution in [0.25, 0.3) is 0 Å². The molecule has 0 spiro atoms. The maximum atomic E-state index is 12.4. The van der Waals surface area contributed by atoms with Crippen LogP contribution in [-0.2, 0) is 14.8 Å². The van der Waals surface area contributed by atoms with Crippen molar-refractivity contribution >= 4 is 33.7 Å². The minimum Gasteiger partial charge on any atom is -0.355 e. The van der Waals surface area contributed by atoms with Crippen molar-refractivity contribution in [1.82, 2.24) is 24.7 Å². The summed E-state index contributed by atoms with van der Waals surface area (Å²) in [7, 11) is -1.50. The lowest BCUT2D eigenvalue weighted by molar-refractivity contribution is -0.122. The predicted octanol–water partition coefficient (Wildman–Crippen LogP) is -1.16. The van der Waals surface area contributed by atoms with Crippen molar-refractivity contribution in [3.8, 4) is 0 Å². The van der Waals surface area contributed by atoms with Crippen molar-refractivity contribution in [2.24, 2.45) is 4.99 Å². The van der Waals surface area contributed by atoms with Crippen LogP contribution in [0.2, 0.25) is 0 Å². The maximum absolute atomic E-state index is 12.4. The number of sulfonamides is 1. The number of nitrogens with zero attached hydrogens (tertiary/aromatic N) is 4. The molecule has 0 aromatic carbocycles. The summed E-state index contributed by atoms with van der Waals surface area (Å²) < 4.78 is 26.5. The number of nitrogens with one attached hydrogen (secondary N) is 2. The Hall–Kier alpha value is -1.04. The van der Waals surface area contributed by atoms with Crippen LogP contribution in [0.4, 0.5) is 0 Å². The van der Waals surface area contributed by atoms with Crippen molar-refractivity contribution in [2.45, 2.75) is 18.9 Å². The largest absolute Gasteiger partial charge is 0.355 e. The lowest BCUT2D eigenvalue weighted by Gasteiger charge is -2.36. The second kappa shape index (κ2) is 10.1. The Kier molecular flexibility index (Phi) is 7.84. The van der Waals surface area contributed by atoms with Gasteiger partial charge < -0.3 is 15.5 Å². The fourth-order valence-electron chi connectivity index (χ4n) is 3.40. The number of amides is 1. The lowest BCUT2D eigenvalue weighted by atomic mass is 10.3. The summed E-state index contributed by atoms with van der Waals surface area (Å²) in [4.78, 5) is 20.5. The minimum absolute atomic E-state index is 0.0813. The van der Waals surface area contributed by atoms with Crippen molar-refractivity contribution in [3.63, 3.8) is 0 Å². The number of hydrogen-bond acceptors (Lipinski definition) is 6. The average Bonchev–Trinajstić information content (AvgIpc) is 3.50. The van der Waals surface area contributed by atoms with Gasteiger partial charge in [-0.3, -0.25) is 14.7 Å². The van der Waals surface area contributed by atoms with E-state index in [1.54, 1.807) is 23.1 Å². The number of carbonyl (C=O) groups excluding carboxylic acids is 1. The average molecular weight is 433 g/mol. The molecule has 2 saturated heterocycles. The van der Waals surface area contributed by atoms with Gasteiger partial charge >= 0.3 is 0 Å². The summed E-state index contributed by atoms with van der Waals surface area (Å²) in [5, 5.41) is 6.21. The van der Waals surface area contributed by atoms with Gasteiger partial charge in [-0.15, -0.1) is 0 Å². The van der Waals surface area contributed by atoms with Crippen molar-refractivity contribution < 1.29 is 13.2 Å². The number of guanidine groups is 1. The van der Waals surface area contributed by atoms with Crippen LogP contribution in [0.15, 0.2) is 4.99 Å². The standard InChI is InChI=1S/C17H32N6O3S2/c1-18-17(19-4-13-28(25,26)23-9-11-27-12-10-23)22-7-5-21(6-8-22)14-16(24)20-15-2-3-15/h15H,2-14H2,1H3,(H,18,19)(H,20,24). The molecule has 1 aliphatic carbocycles. The Morgan fingerprint density at radius 3 is 2.39 bits per heavy atom. The van der Waals surface area contributed by atoms with Gasteiger partial charge in [0.15, 0.2) is 5.96 Å². The van der Waals surface area contributed by atoms with Crippen LogP contribution < -0.4 is 10.6 Å². The summed E-state index contributed by atoms with van der Waals surface area (Å²) in [6.07, 6.45) is 2.21. The zero-order chi connectivity index (χ0) is 20.0. The molecule has 1 amide bonds. The Morgan fingerprint density at radius 1 is 1.11 bits per heavy atom. The predicted molar refractivity (Wildman–Crippen MR) is 113 cm³/mol. The van der Waals surface area contributed by atoms with Gasteiger partial charge in [0.2, 0.25) is 15.9 Å². The molecular weight excluding hydrogens is 400 g/mol. The molecule has 0 unspecified atom stereocenters. The van der Waals surface area contributed by atoms with Gasteiger partial charge in [0.05, 0.1) is 12.3 Å². The first-order valence-electron chi connectivity index (χ1n) is 10.0. The Labute approximate surface area is 172 Å². The van der Waals surface area contributed by atoms with Gasteiger partial charge in [-0.25, -0.2) is 12.7 Å². The van der Waals surface area contributed by atoms with Gasteiger partial charge in [-0.2, -0.15) is 11.8 Å². The van der Waals surface area contributed by atoms with Crippen molar-refractivity contribution in [1.29, 1.82) is 0 Å². The van der Waals surface area contributed by atoms with Gasteiger partial charge in [-0.1, -0.05) is 0 Å². The van der Waals surface area contributed by atoms with E-state index in [0.29, 0.717) is 32.2 Å². The molecule has 1 saturated carbocycles. The summed E-state index contributed by atoms with van der Waals surface area (Å²) in [6, 6.07) is 0.400. The van der Waals surface area contributed by atoms with E-state index < -0.39 is 10.0 Å². The third-order valence-electron chi connectivity index (χ3n) is 5.20. The number of carbonyl (C=O) groups is 1. The number of rotatable bonds is 7. The summed E-state index contributed by atoms with van der Waals surface area (Å²) in [5.74, 6) is 2.67. The summed E-state index contributed by atoms with van der Waals surface area (Å²) >= 11 is 1.80. The topological polar surface area (TPSA) is 97.3 Å². The molecule has 0 aromatic rings. The van der Waals surface area contributed by atoms with E-state index in [1.807, 2.05) is 0 Å². The number of piperazine rings is 1. The molecule has 11 heteroatoms. The molecule has 0 aromatic heterocycles. The molecule has 160 valence electrons. The molecule has 2 heterocycles. The highest BCUT2D eigenvalue weighted by atomic mass is 32.2. The molecule has 9 nitrogen and oxygen atoms in total. The first kappa shape index (κ1) is 21.7. The van der Waals surface area contributed by atoms with Crippen LogP contribution in [-0.4, -0.2) is 117 Å². The van der Waals surface area contributed by atoms with E-state index in [9.17, 15) is 13.2 Å². The van der Waals surface area contributed by atoms with Crippen LogP contribution >= 0.6 is 11.8 Å². The third-order valence-corrected chi connectivity index (χ3v) is 8.01. The van der Waals surface area contributed by atoms with Gasteiger partial charge in [-0.05, 0) is 12.8 Å². The molecule has 0 atom stereocenters. The minimum atomic E-state index is -3.21. The van der Waals surface area contributed by atoms with Gasteiger partial charge in [0, 0.05) is 70.4 Å². The van der Waals surface area contributed by atoms with E-state index in [1.165, 1.54) is 0 Å². The SMILES string of the molecule is CN=C(NCCS(=O)(=O)N1CCSCC1)N1CCN(CC(=O)NC2CC2)CC1. The van der Waals surface area contributed by atoms with Crippen LogP contribution in [0.5, 0.6) is 0 Å². The normalized spacial score (nSPS) is 22.9. The van der Waals surface area contributed by atoms with E-state index in [4.69, 9.17) is 0 Å². The quantitative estimate of drug-likeness (QED) is 0.387.